The molecule has 0 aliphatic carbocycles. The lowest BCUT2D eigenvalue weighted by atomic mass is 10.0. The van der Waals surface area contributed by atoms with Gasteiger partial charge in [0.25, 0.3) is 0 Å². The van der Waals surface area contributed by atoms with Crippen LogP contribution in [0.5, 0.6) is 5.75 Å². The molecule has 0 heterocycles. The first-order chi connectivity index (χ1) is 10.0. The summed E-state index contributed by atoms with van der Waals surface area (Å²) >= 11 is 3.48. The third-order valence-corrected chi connectivity index (χ3v) is 4.06. The molecule has 2 aromatic carbocycles. The van der Waals surface area contributed by atoms with Gasteiger partial charge in [0.15, 0.2) is 5.78 Å². The second kappa shape index (κ2) is 6.76. The number of anilines is 1. The Morgan fingerprint density at radius 2 is 1.95 bits per heavy atom. The maximum atomic E-state index is 12.5. The molecular weight excluding hydrogens is 330 g/mol. The molecule has 0 bridgehead atoms. The van der Waals surface area contributed by atoms with E-state index in [9.17, 15) is 4.79 Å². The maximum Gasteiger partial charge on any atom is 0.167 e. The molecule has 0 fully saturated rings. The monoisotopic (exact) mass is 347 g/mol. The number of carbonyl (C=O) groups excluding carboxylic acids is 1. The normalized spacial score (nSPS) is 10.3. The Labute approximate surface area is 133 Å². The molecule has 0 spiro atoms. The number of nitrogens with zero attached hydrogens (tertiary/aromatic N) is 1. The van der Waals surface area contributed by atoms with Crippen molar-refractivity contribution < 1.29 is 9.53 Å². The van der Waals surface area contributed by atoms with E-state index < -0.39 is 0 Å². The Morgan fingerprint density at radius 1 is 1.19 bits per heavy atom. The summed E-state index contributed by atoms with van der Waals surface area (Å²) in [6.45, 7) is 0. The van der Waals surface area contributed by atoms with E-state index in [4.69, 9.17) is 4.74 Å². The van der Waals surface area contributed by atoms with Crippen molar-refractivity contribution in [3.8, 4) is 5.75 Å². The first kappa shape index (κ1) is 15.6. The summed E-state index contributed by atoms with van der Waals surface area (Å²) in [7, 11) is 5.54. The number of carbonyl (C=O) groups is 1. The highest BCUT2D eigenvalue weighted by atomic mass is 79.9. The Balaban J connectivity index is 2.23. The number of methoxy groups -OCH3 is 1. The first-order valence-electron chi connectivity index (χ1n) is 6.64. The number of ketones is 1. The minimum Gasteiger partial charge on any atom is -0.497 e. The van der Waals surface area contributed by atoms with E-state index in [1.807, 2.05) is 61.5 Å². The highest BCUT2D eigenvalue weighted by Gasteiger charge is 2.11. The van der Waals surface area contributed by atoms with Crippen molar-refractivity contribution >= 4 is 27.4 Å². The lowest BCUT2D eigenvalue weighted by Gasteiger charge is -2.13. The molecule has 3 nitrogen and oxygen atoms in total. The zero-order valence-corrected chi connectivity index (χ0v) is 14.0. The van der Waals surface area contributed by atoms with E-state index in [-0.39, 0.29) is 5.78 Å². The van der Waals surface area contributed by atoms with Gasteiger partial charge in [-0.3, -0.25) is 4.79 Å². The van der Waals surface area contributed by atoms with Gasteiger partial charge >= 0.3 is 0 Å². The lowest BCUT2D eigenvalue weighted by Crippen LogP contribution is -2.10. The quantitative estimate of drug-likeness (QED) is 0.767. The van der Waals surface area contributed by atoms with Gasteiger partial charge in [-0.05, 0) is 35.9 Å². The zero-order chi connectivity index (χ0) is 15.4. The standard InChI is InChI=1S/C17H18BrNO2/c1-19(2)14-6-4-5-12(9-14)17(20)11-13-10-15(21-3)7-8-16(13)18/h4-10H,11H2,1-3H3. The molecule has 21 heavy (non-hydrogen) atoms. The predicted octanol–water partition coefficient (Wildman–Crippen LogP) is 3.95. The van der Waals surface area contributed by atoms with Crippen LogP contribution in [0.1, 0.15) is 15.9 Å². The molecular formula is C17H18BrNO2. The highest BCUT2D eigenvalue weighted by molar-refractivity contribution is 9.10. The fourth-order valence-corrected chi connectivity index (χ4v) is 2.43. The molecule has 0 aliphatic rings. The summed E-state index contributed by atoms with van der Waals surface area (Å²) in [6, 6.07) is 13.3. The topological polar surface area (TPSA) is 29.5 Å². The summed E-state index contributed by atoms with van der Waals surface area (Å²) in [5.74, 6) is 0.843. The average Bonchev–Trinajstić information content (AvgIpc) is 2.49. The molecule has 0 saturated carbocycles. The average molecular weight is 348 g/mol. The fraction of sp³-hybridized carbons (Fsp3) is 0.235. The molecule has 0 aliphatic heterocycles. The van der Waals surface area contributed by atoms with Crippen molar-refractivity contribution in [3.63, 3.8) is 0 Å². The Kier molecular flexibility index (Phi) is 5.02. The first-order valence-corrected chi connectivity index (χ1v) is 7.43. The van der Waals surface area contributed by atoms with Crippen LogP contribution in [-0.4, -0.2) is 27.0 Å². The number of ether oxygens (including phenoxy) is 1. The molecule has 0 amide bonds. The van der Waals surface area contributed by atoms with Crippen LogP contribution in [0.3, 0.4) is 0 Å². The van der Waals surface area contributed by atoms with Crippen LogP contribution in [0.2, 0.25) is 0 Å². The lowest BCUT2D eigenvalue weighted by molar-refractivity contribution is 0.0993. The Bertz CT molecular complexity index is 653. The van der Waals surface area contributed by atoms with Gasteiger partial charge < -0.3 is 9.64 Å². The molecule has 2 aromatic rings. The molecule has 0 saturated heterocycles. The number of Topliss-reactive ketones (excluding diaryl/α,β-unsaturated/α-hetero) is 1. The van der Waals surface area contributed by atoms with Crippen molar-refractivity contribution in [3.05, 3.63) is 58.1 Å². The number of rotatable bonds is 5. The van der Waals surface area contributed by atoms with Gasteiger partial charge in [-0.15, -0.1) is 0 Å². The SMILES string of the molecule is COc1ccc(Br)c(CC(=O)c2cccc(N(C)C)c2)c1. The van der Waals surface area contributed by atoms with Gasteiger partial charge in [0.05, 0.1) is 7.11 Å². The number of hydrogen-bond donors (Lipinski definition) is 0. The van der Waals surface area contributed by atoms with Gasteiger partial charge in [-0.25, -0.2) is 0 Å². The fourth-order valence-electron chi connectivity index (χ4n) is 2.05. The summed E-state index contributed by atoms with van der Waals surface area (Å²) in [4.78, 5) is 14.4. The van der Waals surface area contributed by atoms with E-state index in [0.717, 1.165) is 27.0 Å². The smallest absolute Gasteiger partial charge is 0.167 e. The second-order valence-corrected chi connectivity index (χ2v) is 5.86. The molecule has 0 aromatic heterocycles. The minimum atomic E-state index is 0.0904. The van der Waals surface area contributed by atoms with Gasteiger partial charge in [0.1, 0.15) is 5.75 Å². The summed E-state index contributed by atoms with van der Waals surface area (Å²) in [5.41, 5.74) is 2.66. The number of benzene rings is 2. The Morgan fingerprint density at radius 3 is 2.62 bits per heavy atom. The van der Waals surface area contributed by atoms with Crippen molar-refractivity contribution in [2.75, 3.05) is 26.1 Å². The van der Waals surface area contributed by atoms with Gasteiger partial charge in [0.2, 0.25) is 0 Å². The Hall–Kier alpha value is -1.81. The second-order valence-electron chi connectivity index (χ2n) is 5.00. The summed E-state index contributed by atoms with van der Waals surface area (Å²) in [5, 5.41) is 0. The van der Waals surface area contributed by atoms with E-state index in [2.05, 4.69) is 15.9 Å². The summed E-state index contributed by atoms with van der Waals surface area (Å²) < 4.78 is 6.13. The third kappa shape index (κ3) is 3.85. The van der Waals surface area contributed by atoms with Gasteiger partial charge in [-0.2, -0.15) is 0 Å². The van der Waals surface area contributed by atoms with Gasteiger partial charge in [-0.1, -0.05) is 28.1 Å². The van der Waals surface area contributed by atoms with E-state index in [1.54, 1.807) is 7.11 Å². The van der Waals surface area contributed by atoms with Crippen LogP contribution in [0.4, 0.5) is 5.69 Å². The van der Waals surface area contributed by atoms with E-state index in [0.29, 0.717) is 6.42 Å². The minimum absolute atomic E-state index is 0.0904. The van der Waals surface area contributed by atoms with E-state index >= 15 is 0 Å². The van der Waals surface area contributed by atoms with Crippen LogP contribution in [0.15, 0.2) is 46.9 Å². The highest BCUT2D eigenvalue weighted by Crippen LogP contribution is 2.24. The predicted molar refractivity (Wildman–Crippen MR) is 89.5 cm³/mol. The molecule has 0 unspecified atom stereocenters. The zero-order valence-electron chi connectivity index (χ0n) is 12.4. The van der Waals surface area contributed by atoms with Crippen molar-refractivity contribution in [1.29, 1.82) is 0 Å². The van der Waals surface area contributed by atoms with Crippen molar-refractivity contribution in [2.45, 2.75) is 6.42 Å². The van der Waals surface area contributed by atoms with Crippen LogP contribution in [0.25, 0.3) is 0 Å². The molecule has 2 rings (SSSR count). The molecule has 0 atom stereocenters. The van der Waals surface area contributed by atoms with Crippen molar-refractivity contribution in [1.82, 2.24) is 0 Å². The molecule has 0 radical (unpaired) electrons. The van der Waals surface area contributed by atoms with Crippen LogP contribution in [0, 0.1) is 0 Å². The third-order valence-electron chi connectivity index (χ3n) is 3.29. The van der Waals surface area contributed by atoms with Crippen LogP contribution in [-0.2, 0) is 6.42 Å². The van der Waals surface area contributed by atoms with Crippen molar-refractivity contribution in [2.24, 2.45) is 0 Å². The molecule has 4 heteroatoms. The maximum absolute atomic E-state index is 12.5. The largest absolute Gasteiger partial charge is 0.497 e. The molecule has 110 valence electrons. The molecule has 0 N–H and O–H groups in total. The van der Waals surface area contributed by atoms with Gasteiger partial charge in [0, 0.05) is 36.2 Å². The summed E-state index contributed by atoms with van der Waals surface area (Å²) in [6.07, 6.45) is 0.342. The number of hydrogen-bond acceptors (Lipinski definition) is 3. The van der Waals surface area contributed by atoms with Crippen LogP contribution >= 0.6 is 15.9 Å². The van der Waals surface area contributed by atoms with Crippen LogP contribution < -0.4 is 9.64 Å². The number of halogens is 1. The van der Waals surface area contributed by atoms with E-state index in [1.165, 1.54) is 0 Å².